The molecule has 2 aliphatic rings. The van der Waals surface area contributed by atoms with Crippen molar-refractivity contribution in [1.82, 2.24) is 4.57 Å². The van der Waals surface area contributed by atoms with Gasteiger partial charge in [-0.25, -0.2) is 0 Å². The molecule has 0 saturated carbocycles. The third-order valence-electron chi connectivity index (χ3n) is 16.5. The molecule has 0 saturated heterocycles. The van der Waals surface area contributed by atoms with Crippen molar-refractivity contribution in [2.24, 2.45) is 0 Å². The van der Waals surface area contributed by atoms with E-state index >= 15 is 0 Å². The molecule has 11 aromatic carbocycles. The van der Waals surface area contributed by atoms with Gasteiger partial charge in [0.2, 0.25) is 0 Å². The molecular weight excluding hydrogens is 942 g/mol. The average molecular weight is 1000 g/mol. The van der Waals surface area contributed by atoms with E-state index in [1.807, 2.05) is 0 Å². The van der Waals surface area contributed by atoms with Crippen molar-refractivity contribution < 1.29 is 0 Å². The third kappa shape index (κ3) is 7.64. The molecule has 14 rings (SSSR count). The van der Waals surface area contributed by atoms with E-state index in [-0.39, 0.29) is 17.5 Å². The van der Waals surface area contributed by atoms with Gasteiger partial charge < -0.3 is 14.4 Å². The molecule has 0 N–H and O–H groups in total. The Morgan fingerprint density at radius 1 is 0.295 bits per heavy atom. The Kier molecular flexibility index (Phi) is 11.1. The predicted octanol–water partition coefficient (Wildman–Crippen LogP) is 18.1. The fourth-order valence-corrected chi connectivity index (χ4v) is 12.7. The van der Waals surface area contributed by atoms with Crippen molar-refractivity contribution in [3.05, 3.63) is 266 Å². The van der Waals surface area contributed by atoms with Gasteiger partial charge in [-0.15, -0.1) is 0 Å². The number of aromatic nitrogens is 1. The van der Waals surface area contributed by atoms with E-state index < -0.39 is 0 Å². The summed E-state index contributed by atoms with van der Waals surface area (Å²) in [6.07, 6.45) is 0. The number of rotatable bonds is 7. The maximum Gasteiger partial charge on any atom is 0.252 e. The lowest BCUT2D eigenvalue weighted by atomic mass is 9.33. The zero-order valence-electron chi connectivity index (χ0n) is 45.2. The molecule has 2 aliphatic heterocycles. The summed E-state index contributed by atoms with van der Waals surface area (Å²) in [4.78, 5) is 5.16. The van der Waals surface area contributed by atoms with E-state index in [9.17, 15) is 0 Å². The second-order valence-corrected chi connectivity index (χ2v) is 23.3. The van der Waals surface area contributed by atoms with Gasteiger partial charge in [0.25, 0.3) is 6.71 Å². The van der Waals surface area contributed by atoms with Crippen LogP contribution in [0.4, 0.5) is 34.1 Å². The minimum absolute atomic E-state index is 0.0203. The van der Waals surface area contributed by atoms with Gasteiger partial charge in [0.1, 0.15) is 0 Å². The van der Waals surface area contributed by atoms with Crippen LogP contribution >= 0.6 is 0 Å². The van der Waals surface area contributed by atoms with Gasteiger partial charge in [-0.2, -0.15) is 0 Å². The second-order valence-electron chi connectivity index (χ2n) is 23.3. The summed E-state index contributed by atoms with van der Waals surface area (Å²) in [5.41, 5.74) is 26.3. The summed E-state index contributed by atoms with van der Waals surface area (Å²) in [6.45, 7) is 13.7. The first-order valence-corrected chi connectivity index (χ1v) is 27.5. The third-order valence-corrected chi connectivity index (χ3v) is 16.5. The molecule has 0 unspecified atom stereocenters. The molecule has 0 radical (unpaired) electrons. The van der Waals surface area contributed by atoms with Gasteiger partial charge in [-0.3, -0.25) is 0 Å². The summed E-state index contributed by atoms with van der Waals surface area (Å²) < 4.78 is 2.63. The summed E-state index contributed by atoms with van der Waals surface area (Å²) in [7, 11) is 0. The summed E-state index contributed by atoms with van der Waals surface area (Å²) >= 11 is 0. The highest BCUT2D eigenvalue weighted by molar-refractivity contribution is 7.00. The van der Waals surface area contributed by atoms with Crippen molar-refractivity contribution >= 4 is 79.0 Å². The quantitative estimate of drug-likeness (QED) is 0.147. The number of hydrogen-bond acceptors (Lipinski definition) is 2. The van der Waals surface area contributed by atoms with Gasteiger partial charge in [-0.05, 0) is 97.0 Å². The summed E-state index contributed by atoms with van der Waals surface area (Å²) in [6, 6.07) is 95.6. The first-order chi connectivity index (χ1) is 38.0. The SMILES string of the molecule is CC(C)(C)c1ccc(-c2cccc3c4cccc(-c5ccc(C(C)(C)C)cc5)c4n(-c4cc5c6c(c4)N(c4ccccc4-c4ccccc4)c4ccccc4B6c4ccccc4N5c4ccccc4-c4ccccc4)c23)cc1. The molecule has 78 heavy (non-hydrogen) atoms. The van der Waals surface area contributed by atoms with Crippen LogP contribution < -0.4 is 26.2 Å². The van der Waals surface area contributed by atoms with E-state index in [0.29, 0.717) is 0 Å². The van der Waals surface area contributed by atoms with Crippen LogP contribution in [0.2, 0.25) is 0 Å². The normalized spacial score (nSPS) is 12.9. The lowest BCUT2D eigenvalue weighted by molar-refractivity contribution is 0.590. The van der Waals surface area contributed by atoms with E-state index in [2.05, 4.69) is 311 Å². The van der Waals surface area contributed by atoms with Gasteiger partial charge in [-0.1, -0.05) is 260 Å². The number of anilines is 6. The molecule has 4 heteroatoms. The molecule has 0 aliphatic carbocycles. The van der Waals surface area contributed by atoms with Crippen LogP contribution in [0.25, 0.3) is 72.0 Å². The van der Waals surface area contributed by atoms with Gasteiger partial charge in [0.05, 0.1) is 28.1 Å². The maximum absolute atomic E-state index is 2.63. The van der Waals surface area contributed by atoms with Gasteiger partial charge in [0, 0.05) is 55.8 Å². The molecule has 374 valence electrons. The van der Waals surface area contributed by atoms with E-state index in [1.165, 1.54) is 105 Å². The first kappa shape index (κ1) is 47.3. The van der Waals surface area contributed by atoms with Crippen molar-refractivity contribution in [1.29, 1.82) is 0 Å². The van der Waals surface area contributed by atoms with Crippen LogP contribution in [0, 0.1) is 0 Å². The predicted molar refractivity (Wildman–Crippen MR) is 334 cm³/mol. The van der Waals surface area contributed by atoms with Crippen LogP contribution in [0.1, 0.15) is 52.7 Å². The standard InChI is InChI=1S/C74H60BN3/c1-73(2,3)53-43-39-51(40-44-53)58-29-21-31-60-61-32-22-30-59(52-41-45-54(46-42-52)74(4,5)6)72(61)76(71(58)60)55-47-68-70-69(48-55)78(65-36-18-14-28-57(65)50-25-11-8-12-26-50)67-38-20-16-34-63(67)75(70)62-33-15-19-37-66(62)77(68)64-35-17-13-27-56(64)49-23-9-7-10-24-49/h7-48H,1-6H3. The van der Waals surface area contributed by atoms with Gasteiger partial charge >= 0.3 is 0 Å². The number of nitrogens with zero attached hydrogens (tertiary/aromatic N) is 3. The Morgan fingerprint density at radius 2 is 0.641 bits per heavy atom. The minimum Gasteiger partial charge on any atom is -0.311 e. The zero-order valence-corrected chi connectivity index (χ0v) is 45.2. The Hall–Kier alpha value is -9.12. The second kappa shape index (κ2) is 18.3. The molecule has 0 atom stereocenters. The van der Waals surface area contributed by atoms with Crippen molar-refractivity contribution in [3.63, 3.8) is 0 Å². The van der Waals surface area contributed by atoms with Crippen molar-refractivity contribution in [3.8, 4) is 50.2 Å². The molecule has 0 spiro atoms. The number of fused-ring (bicyclic) bond motifs is 7. The number of benzene rings is 11. The molecule has 3 nitrogen and oxygen atoms in total. The highest BCUT2D eigenvalue weighted by Gasteiger charge is 2.44. The van der Waals surface area contributed by atoms with E-state index in [4.69, 9.17) is 0 Å². The Bertz CT molecular complexity index is 4000. The van der Waals surface area contributed by atoms with E-state index in [0.717, 1.165) is 28.4 Å². The van der Waals surface area contributed by atoms with Crippen LogP contribution in [0.5, 0.6) is 0 Å². The fraction of sp³-hybridized carbons (Fsp3) is 0.108. The minimum atomic E-state index is -0.0522. The van der Waals surface area contributed by atoms with Crippen LogP contribution in [-0.2, 0) is 10.8 Å². The highest BCUT2D eigenvalue weighted by Crippen LogP contribution is 2.51. The van der Waals surface area contributed by atoms with Gasteiger partial charge in [0.15, 0.2) is 0 Å². The summed E-state index contributed by atoms with van der Waals surface area (Å²) in [5.74, 6) is 0. The average Bonchev–Trinajstić information content (AvgIpc) is 3.83. The molecule has 3 heterocycles. The molecule has 0 bridgehead atoms. The topological polar surface area (TPSA) is 11.4 Å². The molecule has 0 fully saturated rings. The number of hydrogen-bond donors (Lipinski definition) is 0. The van der Waals surface area contributed by atoms with Crippen LogP contribution in [-0.4, -0.2) is 11.3 Å². The lowest BCUT2D eigenvalue weighted by Gasteiger charge is -2.45. The molecule has 12 aromatic rings. The monoisotopic (exact) mass is 1000 g/mol. The zero-order chi connectivity index (χ0) is 52.9. The Morgan fingerprint density at radius 3 is 1.05 bits per heavy atom. The van der Waals surface area contributed by atoms with Crippen molar-refractivity contribution in [2.45, 2.75) is 52.4 Å². The maximum atomic E-state index is 2.63. The lowest BCUT2D eigenvalue weighted by Crippen LogP contribution is -2.61. The van der Waals surface area contributed by atoms with Crippen LogP contribution in [0.3, 0.4) is 0 Å². The molecule has 0 amide bonds. The fourth-order valence-electron chi connectivity index (χ4n) is 12.7. The molecule has 1 aromatic heterocycles. The molecular formula is C74H60BN3. The van der Waals surface area contributed by atoms with Crippen molar-refractivity contribution in [2.75, 3.05) is 9.80 Å². The highest BCUT2D eigenvalue weighted by atomic mass is 15.2. The smallest absolute Gasteiger partial charge is 0.252 e. The summed E-state index contributed by atoms with van der Waals surface area (Å²) in [5, 5.41) is 2.43. The van der Waals surface area contributed by atoms with Crippen LogP contribution in [0.15, 0.2) is 255 Å². The largest absolute Gasteiger partial charge is 0.311 e. The Balaban J connectivity index is 1.15. The Labute approximate surface area is 459 Å². The number of para-hydroxylation sites is 6. The first-order valence-electron chi connectivity index (χ1n) is 27.5. The van der Waals surface area contributed by atoms with E-state index in [1.54, 1.807) is 0 Å².